The van der Waals surface area contributed by atoms with Crippen LogP contribution in [0, 0.1) is 0 Å². The van der Waals surface area contributed by atoms with E-state index in [1.165, 1.54) is 24.6 Å². The minimum atomic E-state index is -4.47. The smallest absolute Gasteiger partial charge is 0.417 e. The highest BCUT2D eigenvalue weighted by Gasteiger charge is 2.34. The van der Waals surface area contributed by atoms with Crippen molar-refractivity contribution in [2.24, 2.45) is 0 Å². The minimum Gasteiger partial charge on any atom is -0.497 e. The van der Waals surface area contributed by atoms with E-state index in [9.17, 15) is 13.2 Å². The Morgan fingerprint density at radius 3 is 2.56 bits per heavy atom. The number of thiazole rings is 1. The molecule has 0 amide bonds. The molecule has 2 rings (SSSR count). The second kappa shape index (κ2) is 4.49. The van der Waals surface area contributed by atoms with Gasteiger partial charge in [0.25, 0.3) is 0 Å². The number of alkyl halides is 3. The van der Waals surface area contributed by atoms with Gasteiger partial charge in [0.05, 0.1) is 18.4 Å². The Bertz CT molecular complexity index is 566. The van der Waals surface area contributed by atoms with Crippen LogP contribution >= 0.6 is 11.3 Å². The molecule has 0 aliphatic heterocycles. The molecule has 18 heavy (non-hydrogen) atoms. The van der Waals surface area contributed by atoms with Crippen LogP contribution in [0.2, 0.25) is 0 Å². The van der Waals surface area contributed by atoms with Gasteiger partial charge in [-0.2, -0.15) is 13.2 Å². The maximum absolute atomic E-state index is 12.9. The summed E-state index contributed by atoms with van der Waals surface area (Å²) in [5.74, 6) is 0.147. The van der Waals surface area contributed by atoms with Crippen molar-refractivity contribution < 1.29 is 17.9 Å². The molecule has 2 N–H and O–H groups in total. The molecule has 0 bridgehead atoms. The van der Waals surface area contributed by atoms with Gasteiger partial charge in [-0.25, -0.2) is 4.98 Å². The maximum atomic E-state index is 12.9. The summed E-state index contributed by atoms with van der Waals surface area (Å²) in [5.41, 5.74) is 4.86. The van der Waals surface area contributed by atoms with E-state index in [2.05, 4.69) is 4.98 Å². The van der Waals surface area contributed by atoms with Crippen LogP contribution in [0.5, 0.6) is 5.75 Å². The van der Waals surface area contributed by atoms with E-state index < -0.39 is 11.7 Å². The van der Waals surface area contributed by atoms with Gasteiger partial charge in [0.2, 0.25) is 0 Å². The number of hydrogen-bond donors (Lipinski definition) is 1. The Morgan fingerprint density at radius 1 is 1.33 bits per heavy atom. The van der Waals surface area contributed by atoms with Crippen molar-refractivity contribution in [2.75, 3.05) is 12.8 Å². The molecule has 96 valence electrons. The number of anilines is 1. The van der Waals surface area contributed by atoms with Crippen molar-refractivity contribution in [3.05, 3.63) is 29.1 Å². The molecule has 1 aromatic heterocycles. The monoisotopic (exact) mass is 274 g/mol. The third-order valence-electron chi connectivity index (χ3n) is 2.33. The molecule has 0 saturated carbocycles. The molecule has 0 atom stereocenters. The molecule has 0 saturated heterocycles. The highest BCUT2D eigenvalue weighted by atomic mass is 32.1. The molecule has 1 aromatic carbocycles. The lowest BCUT2D eigenvalue weighted by Crippen LogP contribution is -2.07. The summed E-state index contributed by atoms with van der Waals surface area (Å²) in [4.78, 5) is 3.87. The van der Waals surface area contributed by atoms with Crippen molar-refractivity contribution in [3.8, 4) is 17.0 Å². The number of aromatic nitrogens is 1. The fraction of sp³-hybridized carbons (Fsp3) is 0.182. The molecule has 3 nitrogen and oxygen atoms in total. The zero-order valence-electron chi connectivity index (χ0n) is 9.28. The van der Waals surface area contributed by atoms with Crippen LogP contribution < -0.4 is 10.5 Å². The summed E-state index contributed by atoms with van der Waals surface area (Å²) >= 11 is 1.10. The summed E-state index contributed by atoms with van der Waals surface area (Å²) < 4.78 is 43.6. The summed E-state index contributed by atoms with van der Waals surface area (Å²) in [6.07, 6.45) is -4.47. The Balaban J connectivity index is 2.60. The van der Waals surface area contributed by atoms with Gasteiger partial charge >= 0.3 is 6.18 Å². The van der Waals surface area contributed by atoms with E-state index in [0.29, 0.717) is 0 Å². The summed E-state index contributed by atoms with van der Waals surface area (Å²) in [6, 6.07) is 3.74. The first-order valence-electron chi connectivity index (χ1n) is 4.88. The SMILES string of the molecule is COc1ccc(-c2csc(N)n2)c(C(F)(F)F)c1. The highest BCUT2D eigenvalue weighted by Crippen LogP contribution is 2.39. The fourth-order valence-electron chi connectivity index (χ4n) is 1.52. The van der Waals surface area contributed by atoms with Gasteiger partial charge in [-0.3, -0.25) is 0 Å². The largest absolute Gasteiger partial charge is 0.497 e. The number of halogens is 3. The zero-order chi connectivity index (χ0) is 13.3. The predicted molar refractivity (Wildman–Crippen MR) is 63.5 cm³/mol. The number of methoxy groups -OCH3 is 1. The van der Waals surface area contributed by atoms with E-state index in [0.717, 1.165) is 17.4 Å². The Morgan fingerprint density at radius 2 is 2.06 bits per heavy atom. The second-order valence-corrected chi connectivity index (χ2v) is 4.37. The minimum absolute atomic E-state index is 0.00347. The second-order valence-electron chi connectivity index (χ2n) is 3.48. The quantitative estimate of drug-likeness (QED) is 0.912. The van der Waals surface area contributed by atoms with Crippen LogP contribution in [0.15, 0.2) is 23.6 Å². The number of rotatable bonds is 2. The molecule has 2 aromatic rings. The number of nitrogens with zero attached hydrogens (tertiary/aromatic N) is 1. The average Bonchev–Trinajstić information content (AvgIpc) is 2.74. The summed E-state index contributed by atoms with van der Waals surface area (Å²) in [5, 5.41) is 1.72. The van der Waals surface area contributed by atoms with Crippen LogP contribution in [0.4, 0.5) is 18.3 Å². The van der Waals surface area contributed by atoms with Crippen LogP contribution in [0.3, 0.4) is 0 Å². The Kier molecular flexibility index (Phi) is 3.16. The average molecular weight is 274 g/mol. The van der Waals surface area contributed by atoms with Gasteiger partial charge in [0.1, 0.15) is 5.75 Å². The van der Waals surface area contributed by atoms with E-state index >= 15 is 0 Å². The summed E-state index contributed by atoms with van der Waals surface area (Å²) in [6.45, 7) is 0. The van der Waals surface area contributed by atoms with Gasteiger partial charge in [-0.05, 0) is 18.2 Å². The van der Waals surface area contributed by atoms with Gasteiger partial charge < -0.3 is 10.5 Å². The predicted octanol–water partition coefficient (Wildman–Crippen LogP) is 3.42. The van der Waals surface area contributed by atoms with Gasteiger partial charge in [0.15, 0.2) is 5.13 Å². The third kappa shape index (κ3) is 2.40. The van der Waals surface area contributed by atoms with Crippen LogP contribution in [-0.4, -0.2) is 12.1 Å². The van der Waals surface area contributed by atoms with Crippen LogP contribution in [0.25, 0.3) is 11.3 Å². The maximum Gasteiger partial charge on any atom is 0.417 e. The van der Waals surface area contributed by atoms with Gasteiger partial charge in [-0.1, -0.05) is 0 Å². The number of hydrogen-bond acceptors (Lipinski definition) is 4. The highest BCUT2D eigenvalue weighted by molar-refractivity contribution is 7.13. The number of ether oxygens (including phenoxy) is 1. The molecular formula is C11H9F3N2OS. The topological polar surface area (TPSA) is 48.1 Å². The third-order valence-corrected chi connectivity index (χ3v) is 3.00. The molecule has 0 spiro atoms. The van der Waals surface area contributed by atoms with Gasteiger partial charge in [-0.15, -0.1) is 11.3 Å². The number of nitrogen functional groups attached to an aromatic ring is 1. The van der Waals surface area contributed by atoms with E-state index in [4.69, 9.17) is 10.5 Å². The molecular weight excluding hydrogens is 265 g/mol. The lowest BCUT2D eigenvalue weighted by Gasteiger charge is -2.12. The molecule has 0 aliphatic carbocycles. The Hall–Kier alpha value is -1.76. The lowest BCUT2D eigenvalue weighted by atomic mass is 10.0. The van der Waals surface area contributed by atoms with Crippen molar-refractivity contribution >= 4 is 16.5 Å². The normalized spacial score (nSPS) is 11.6. The van der Waals surface area contributed by atoms with E-state index in [-0.39, 0.29) is 22.1 Å². The first-order valence-corrected chi connectivity index (χ1v) is 5.76. The van der Waals surface area contributed by atoms with Crippen molar-refractivity contribution in [2.45, 2.75) is 6.18 Å². The van der Waals surface area contributed by atoms with Gasteiger partial charge in [0, 0.05) is 10.9 Å². The lowest BCUT2D eigenvalue weighted by molar-refractivity contribution is -0.137. The van der Waals surface area contributed by atoms with Crippen molar-refractivity contribution in [1.82, 2.24) is 4.98 Å². The first kappa shape index (κ1) is 12.7. The number of nitrogens with two attached hydrogens (primary N) is 1. The first-order chi connectivity index (χ1) is 8.41. The molecule has 1 heterocycles. The molecule has 0 fully saturated rings. The van der Waals surface area contributed by atoms with E-state index in [1.54, 1.807) is 0 Å². The van der Waals surface area contributed by atoms with Crippen LogP contribution in [0.1, 0.15) is 5.56 Å². The van der Waals surface area contributed by atoms with Crippen LogP contribution in [-0.2, 0) is 6.18 Å². The molecule has 0 unspecified atom stereocenters. The fourth-order valence-corrected chi connectivity index (χ4v) is 2.08. The molecule has 0 radical (unpaired) electrons. The standard InChI is InChI=1S/C11H9F3N2OS/c1-17-6-2-3-7(8(4-6)11(12,13)14)9-5-18-10(15)16-9/h2-5H,1H3,(H2,15,16). The molecule has 7 heteroatoms. The Labute approximate surface area is 105 Å². The van der Waals surface area contributed by atoms with Crippen molar-refractivity contribution in [3.63, 3.8) is 0 Å². The van der Waals surface area contributed by atoms with Crippen molar-refractivity contribution in [1.29, 1.82) is 0 Å². The van der Waals surface area contributed by atoms with E-state index in [1.807, 2.05) is 0 Å². The zero-order valence-corrected chi connectivity index (χ0v) is 10.1. The summed E-state index contributed by atoms with van der Waals surface area (Å²) in [7, 11) is 1.32. The number of benzene rings is 1. The molecule has 0 aliphatic rings.